The third-order valence-electron chi connectivity index (χ3n) is 4.27. The Morgan fingerprint density at radius 3 is 1.92 bits per heavy atom. The minimum Gasteiger partial charge on any atom is -0.395 e. The fraction of sp³-hybridized carbons (Fsp3) is 0.895. The van der Waals surface area contributed by atoms with Crippen LogP contribution in [0.15, 0.2) is 0 Å². The Morgan fingerprint density at radius 1 is 0.880 bits per heavy atom. The zero-order valence-electron chi connectivity index (χ0n) is 16.0. The van der Waals surface area contributed by atoms with Crippen LogP contribution in [0.4, 0.5) is 0 Å². The SMILES string of the molecule is CCCCCCCCCCCCCC(=O)NC[C@H](N)C(=O)NCCO. The molecule has 5 N–H and O–H groups in total. The van der Waals surface area contributed by atoms with Gasteiger partial charge in [-0.15, -0.1) is 0 Å². The summed E-state index contributed by atoms with van der Waals surface area (Å²) in [4.78, 5) is 23.2. The average molecular weight is 358 g/mol. The van der Waals surface area contributed by atoms with Gasteiger partial charge < -0.3 is 21.5 Å². The van der Waals surface area contributed by atoms with E-state index in [-0.39, 0.29) is 31.5 Å². The van der Waals surface area contributed by atoms with Crippen molar-refractivity contribution in [2.45, 2.75) is 90.0 Å². The number of nitrogens with two attached hydrogens (primary N) is 1. The molecule has 25 heavy (non-hydrogen) atoms. The predicted octanol–water partition coefficient (Wildman–Crippen LogP) is 2.24. The summed E-state index contributed by atoms with van der Waals surface area (Å²) < 4.78 is 0. The number of amides is 2. The number of aliphatic hydroxyl groups is 1. The quantitative estimate of drug-likeness (QED) is 0.300. The Hall–Kier alpha value is -1.14. The van der Waals surface area contributed by atoms with Gasteiger partial charge in [0.15, 0.2) is 0 Å². The second-order valence-corrected chi connectivity index (χ2v) is 6.71. The summed E-state index contributed by atoms with van der Waals surface area (Å²) in [6.07, 6.45) is 14.3. The van der Waals surface area contributed by atoms with Crippen LogP contribution >= 0.6 is 0 Å². The standard InChI is InChI=1S/C19H39N3O3/c1-2-3-4-5-6-7-8-9-10-11-12-13-18(24)22-16-17(20)19(25)21-14-15-23/h17,23H,2-16,20H2,1H3,(H,21,25)(H,22,24)/t17-/m0/s1. The average Bonchev–Trinajstić information content (AvgIpc) is 2.62. The highest BCUT2D eigenvalue weighted by molar-refractivity contribution is 5.83. The number of hydrogen-bond donors (Lipinski definition) is 4. The van der Waals surface area contributed by atoms with Crippen LogP contribution < -0.4 is 16.4 Å². The van der Waals surface area contributed by atoms with E-state index in [1.165, 1.54) is 57.8 Å². The van der Waals surface area contributed by atoms with Crippen LogP contribution in [0.25, 0.3) is 0 Å². The highest BCUT2D eigenvalue weighted by Crippen LogP contribution is 2.11. The van der Waals surface area contributed by atoms with E-state index in [0.29, 0.717) is 6.42 Å². The summed E-state index contributed by atoms with van der Waals surface area (Å²) in [6.45, 7) is 2.43. The van der Waals surface area contributed by atoms with Gasteiger partial charge in [0, 0.05) is 19.5 Å². The predicted molar refractivity (Wildman–Crippen MR) is 102 cm³/mol. The maximum atomic E-state index is 11.7. The van der Waals surface area contributed by atoms with E-state index < -0.39 is 6.04 Å². The molecule has 0 saturated carbocycles. The van der Waals surface area contributed by atoms with Gasteiger partial charge in [0.2, 0.25) is 11.8 Å². The summed E-state index contributed by atoms with van der Waals surface area (Å²) in [5.74, 6) is -0.412. The molecular formula is C19H39N3O3. The summed E-state index contributed by atoms with van der Waals surface area (Å²) >= 11 is 0. The molecular weight excluding hydrogens is 318 g/mol. The lowest BCUT2D eigenvalue weighted by Crippen LogP contribution is -2.48. The molecule has 0 aromatic heterocycles. The third kappa shape index (κ3) is 16.1. The van der Waals surface area contributed by atoms with Crippen molar-refractivity contribution >= 4 is 11.8 Å². The van der Waals surface area contributed by atoms with Crippen molar-refractivity contribution in [1.82, 2.24) is 10.6 Å². The number of unbranched alkanes of at least 4 members (excludes halogenated alkanes) is 10. The zero-order valence-corrected chi connectivity index (χ0v) is 16.0. The first-order valence-electron chi connectivity index (χ1n) is 10.0. The number of carbonyl (C=O) groups is 2. The molecule has 0 aromatic carbocycles. The van der Waals surface area contributed by atoms with Gasteiger partial charge in [-0.2, -0.15) is 0 Å². The van der Waals surface area contributed by atoms with Gasteiger partial charge in [-0.3, -0.25) is 9.59 Å². The van der Waals surface area contributed by atoms with Crippen LogP contribution in [0.5, 0.6) is 0 Å². The smallest absolute Gasteiger partial charge is 0.238 e. The molecule has 6 heteroatoms. The molecule has 0 fully saturated rings. The van der Waals surface area contributed by atoms with Crippen molar-refractivity contribution in [2.75, 3.05) is 19.7 Å². The van der Waals surface area contributed by atoms with Gasteiger partial charge in [-0.1, -0.05) is 71.1 Å². The molecule has 2 amide bonds. The van der Waals surface area contributed by atoms with Crippen LogP contribution in [0, 0.1) is 0 Å². The largest absolute Gasteiger partial charge is 0.395 e. The number of rotatable bonds is 17. The molecule has 0 radical (unpaired) electrons. The molecule has 148 valence electrons. The summed E-state index contributed by atoms with van der Waals surface area (Å²) in [6, 6.07) is -0.771. The van der Waals surface area contributed by atoms with E-state index in [1.54, 1.807) is 0 Å². The Morgan fingerprint density at radius 2 is 1.40 bits per heavy atom. The molecule has 0 bridgehead atoms. The molecule has 0 aliphatic rings. The summed E-state index contributed by atoms with van der Waals surface area (Å²) in [5, 5.41) is 13.8. The molecule has 0 saturated heterocycles. The van der Waals surface area contributed by atoms with Gasteiger partial charge in [0.25, 0.3) is 0 Å². The van der Waals surface area contributed by atoms with Crippen LogP contribution in [0.1, 0.15) is 84.0 Å². The topological polar surface area (TPSA) is 104 Å². The van der Waals surface area contributed by atoms with Gasteiger partial charge in [0.1, 0.15) is 6.04 Å². The van der Waals surface area contributed by atoms with Crippen LogP contribution in [0.3, 0.4) is 0 Å². The minimum atomic E-state index is -0.771. The van der Waals surface area contributed by atoms with Crippen molar-refractivity contribution in [3.63, 3.8) is 0 Å². The molecule has 1 atom stereocenters. The van der Waals surface area contributed by atoms with E-state index in [9.17, 15) is 9.59 Å². The van der Waals surface area contributed by atoms with Crippen LogP contribution in [-0.2, 0) is 9.59 Å². The first kappa shape index (κ1) is 23.9. The molecule has 0 heterocycles. The third-order valence-corrected chi connectivity index (χ3v) is 4.27. The molecule has 0 aliphatic carbocycles. The molecule has 0 spiro atoms. The lowest BCUT2D eigenvalue weighted by Gasteiger charge is -2.12. The lowest BCUT2D eigenvalue weighted by molar-refractivity contribution is -0.123. The van der Waals surface area contributed by atoms with Crippen molar-refractivity contribution < 1.29 is 14.7 Å². The van der Waals surface area contributed by atoms with Gasteiger partial charge in [0.05, 0.1) is 6.61 Å². The summed E-state index contributed by atoms with van der Waals surface area (Å²) in [5.41, 5.74) is 5.66. The van der Waals surface area contributed by atoms with Crippen molar-refractivity contribution in [3.05, 3.63) is 0 Å². The molecule has 0 aliphatic heterocycles. The fourth-order valence-electron chi connectivity index (χ4n) is 2.66. The van der Waals surface area contributed by atoms with Gasteiger partial charge >= 0.3 is 0 Å². The van der Waals surface area contributed by atoms with Crippen LogP contribution in [0.2, 0.25) is 0 Å². The molecule has 0 aromatic rings. The number of hydrogen-bond acceptors (Lipinski definition) is 4. The Bertz CT molecular complexity index is 338. The van der Waals surface area contributed by atoms with E-state index >= 15 is 0 Å². The van der Waals surface area contributed by atoms with E-state index in [0.717, 1.165) is 12.8 Å². The summed E-state index contributed by atoms with van der Waals surface area (Å²) in [7, 11) is 0. The highest BCUT2D eigenvalue weighted by atomic mass is 16.3. The monoisotopic (exact) mass is 357 g/mol. The van der Waals surface area contributed by atoms with Crippen molar-refractivity contribution in [2.24, 2.45) is 5.73 Å². The first-order valence-corrected chi connectivity index (χ1v) is 10.0. The molecule has 0 unspecified atom stereocenters. The normalized spacial score (nSPS) is 12.0. The first-order chi connectivity index (χ1) is 12.1. The number of carbonyl (C=O) groups excluding carboxylic acids is 2. The number of nitrogens with one attached hydrogen (secondary N) is 2. The lowest BCUT2D eigenvalue weighted by atomic mass is 10.1. The maximum Gasteiger partial charge on any atom is 0.238 e. The van der Waals surface area contributed by atoms with Crippen LogP contribution in [-0.4, -0.2) is 42.7 Å². The van der Waals surface area contributed by atoms with E-state index in [4.69, 9.17) is 10.8 Å². The number of aliphatic hydroxyl groups excluding tert-OH is 1. The Balaban J connectivity index is 3.39. The molecule has 6 nitrogen and oxygen atoms in total. The zero-order chi connectivity index (χ0) is 18.8. The van der Waals surface area contributed by atoms with Gasteiger partial charge in [-0.25, -0.2) is 0 Å². The second-order valence-electron chi connectivity index (χ2n) is 6.71. The fourth-order valence-corrected chi connectivity index (χ4v) is 2.66. The minimum absolute atomic E-state index is 0.0543. The van der Waals surface area contributed by atoms with E-state index in [1.807, 2.05) is 0 Å². The Labute approximate surface area is 153 Å². The van der Waals surface area contributed by atoms with Gasteiger partial charge in [-0.05, 0) is 6.42 Å². The van der Waals surface area contributed by atoms with E-state index in [2.05, 4.69) is 17.6 Å². The Kier molecular flexibility index (Phi) is 16.9. The molecule has 0 rings (SSSR count). The van der Waals surface area contributed by atoms with Crippen molar-refractivity contribution in [3.8, 4) is 0 Å². The van der Waals surface area contributed by atoms with Crippen molar-refractivity contribution in [1.29, 1.82) is 0 Å². The maximum absolute atomic E-state index is 11.7. The second kappa shape index (κ2) is 17.7. The highest BCUT2D eigenvalue weighted by Gasteiger charge is 2.13.